The maximum Gasteiger partial charge on any atom is 0.428 e. The van der Waals surface area contributed by atoms with Gasteiger partial charge in [0, 0.05) is 12.1 Å². The third-order valence-electron chi connectivity index (χ3n) is 3.18. The van der Waals surface area contributed by atoms with E-state index in [2.05, 4.69) is 10.2 Å². The molecule has 1 fully saturated rings. The number of nitro groups is 1. The van der Waals surface area contributed by atoms with Crippen molar-refractivity contribution in [2.75, 3.05) is 13.2 Å². The number of carbonyl (C=O) groups is 4. The molecule has 0 atom stereocenters. The highest BCUT2D eigenvalue weighted by Gasteiger charge is 2.28. The van der Waals surface area contributed by atoms with Crippen LogP contribution in [0, 0.1) is 10.1 Å². The molecule has 1 heterocycles. The van der Waals surface area contributed by atoms with Crippen LogP contribution in [0.15, 0.2) is 18.2 Å². The van der Waals surface area contributed by atoms with Crippen LogP contribution in [0.1, 0.15) is 23.2 Å². The van der Waals surface area contributed by atoms with E-state index in [4.69, 9.17) is 9.84 Å². The van der Waals surface area contributed by atoms with Gasteiger partial charge in [0.05, 0.1) is 24.3 Å². The Hall–Kier alpha value is -3.70. The molecule has 26 heavy (non-hydrogen) atoms. The second-order valence-electron chi connectivity index (χ2n) is 5.01. The summed E-state index contributed by atoms with van der Waals surface area (Å²) in [7, 11) is 0. The maximum atomic E-state index is 12.2. The molecule has 2 amide bonds. The molecule has 0 spiro atoms. The molecule has 1 saturated heterocycles. The SMILES string of the molecule is O=C(O)CCC(=O)Oc1ccc([N+](=O)[O-])c(C(=O)NN2CCOC2=O)c1. The molecule has 0 saturated carbocycles. The number of ether oxygens (including phenoxy) is 2. The molecular weight excluding hydrogens is 354 g/mol. The average Bonchev–Trinajstić information content (AvgIpc) is 2.97. The fraction of sp³-hybridized carbons (Fsp3) is 0.286. The molecule has 2 rings (SSSR count). The van der Waals surface area contributed by atoms with Crippen molar-refractivity contribution in [2.24, 2.45) is 0 Å². The van der Waals surface area contributed by atoms with Crippen LogP contribution in [-0.4, -0.2) is 52.1 Å². The van der Waals surface area contributed by atoms with Crippen LogP contribution in [0.3, 0.4) is 0 Å². The second-order valence-corrected chi connectivity index (χ2v) is 5.01. The number of hydrazine groups is 1. The van der Waals surface area contributed by atoms with E-state index in [1.54, 1.807) is 0 Å². The number of nitro benzene ring substituents is 1. The van der Waals surface area contributed by atoms with Crippen LogP contribution in [0.5, 0.6) is 5.75 Å². The minimum absolute atomic E-state index is 0.0580. The van der Waals surface area contributed by atoms with Gasteiger partial charge < -0.3 is 14.6 Å². The number of carboxylic acids is 1. The van der Waals surface area contributed by atoms with E-state index in [1.165, 1.54) is 0 Å². The monoisotopic (exact) mass is 367 g/mol. The molecule has 0 aliphatic carbocycles. The zero-order valence-electron chi connectivity index (χ0n) is 13.2. The lowest BCUT2D eigenvalue weighted by Gasteiger charge is -2.14. The Bertz CT molecular complexity index is 777. The lowest BCUT2D eigenvalue weighted by atomic mass is 10.1. The summed E-state index contributed by atoms with van der Waals surface area (Å²) in [5.74, 6) is -3.22. The third kappa shape index (κ3) is 4.66. The number of aliphatic carboxylic acids is 1. The van der Waals surface area contributed by atoms with Gasteiger partial charge >= 0.3 is 18.0 Å². The summed E-state index contributed by atoms with van der Waals surface area (Å²) in [4.78, 5) is 55.8. The van der Waals surface area contributed by atoms with Crippen molar-refractivity contribution in [3.05, 3.63) is 33.9 Å². The zero-order valence-corrected chi connectivity index (χ0v) is 13.2. The molecule has 2 N–H and O–H groups in total. The molecule has 138 valence electrons. The first-order chi connectivity index (χ1) is 12.3. The predicted octanol–water partition coefficient (Wildman–Crippen LogP) is 0.462. The summed E-state index contributed by atoms with van der Waals surface area (Å²) in [6, 6.07) is 3.00. The molecule has 0 bridgehead atoms. The summed E-state index contributed by atoms with van der Waals surface area (Å²) in [5.41, 5.74) is 1.14. The number of carboxylic acid groups (broad SMARTS) is 1. The van der Waals surface area contributed by atoms with Gasteiger partial charge in [-0.1, -0.05) is 0 Å². The van der Waals surface area contributed by atoms with Crippen molar-refractivity contribution in [1.29, 1.82) is 0 Å². The largest absolute Gasteiger partial charge is 0.481 e. The average molecular weight is 367 g/mol. The number of hydrogen-bond donors (Lipinski definition) is 2. The van der Waals surface area contributed by atoms with Crippen LogP contribution >= 0.6 is 0 Å². The molecule has 0 unspecified atom stereocenters. The van der Waals surface area contributed by atoms with Gasteiger partial charge in [-0.25, -0.2) is 9.80 Å². The number of amides is 2. The van der Waals surface area contributed by atoms with Gasteiger partial charge in [0.2, 0.25) is 0 Å². The van der Waals surface area contributed by atoms with Crippen LogP contribution < -0.4 is 10.2 Å². The number of nitrogens with zero attached hydrogens (tertiary/aromatic N) is 2. The van der Waals surface area contributed by atoms with Crippen molar-refractivity contribution >= 4 is 29.6 Å². The van der Waals surface area contributed by atoms with E-state index in [9.17, 15) is 29.3 Å². The highest BCUT2D eigenvalue weighted by Crippen LogP contribution is 2.24. The summed E-state index contributed by atoms with van der Waals surface area (Å²) < 4.78 is 9.49. The van der Waals surface area contributed by atoms with E-state index in [1.807, 2.05) is 0 Å². The molecule has 1 aromatic rings. The van der Waals surface area contributed by atoms with Gasteiger partial charge in [0.1, 0.15) is 17.9 Å². The van der Waals surface area contributed by atoms with Gasteiger partial charge in [-0.05, 0) is 6.07 Å². The second kappa shape index (κ2) is 7.92. The highest BCUT2D eigenvalue weighted by atomic mass is 16.6. The van der Waals surface area contributed by atoms with Crippen molar-refractivity contribution in [3.63, 3.8) is 0 Å². The normalized spacial score (nSPS) is 13.1. The highest BCUT2D eigenvalue weighted by molar-refractivity contribution is 5.99. The van der Waals surface area contributed by atoms with Crippen molar-refractivity contribution < 1.29 is 38.7 Å². The molecule has 12 heteroatoms. The van der Waals surface area contributed by atoms with E-state index < -0.39 is 53.0 Å². The van der Waals surface area contributed by atoms with Gasteiger partial charge in [0.15, 0.2) is 0 Å². The number of nitrogens with one attached hydrogen (secondary N) is 1. The Morgan fingerprint density at radius 2 is 2.08 bits per heavy atom. The van der Waals surface area contributed by atoms with E-state index >= 15 is 0 Å². The van der Waals surface area contributed by atoms with Crippen molar-refractivity contribution in [1.82, 2.24) is 10.4 Å². The van der Waals surface area contributed by atoms with Gasteiger partial charge in [-0.2, -0.15) is 0 Å². The number of hydrogen-bond acceptors (Lipinski definition) is 8. The van der Waals surface area contributed by atoms with Crippen LogP contribution in [-0.2, 0) is 14.3 Å². The van der Waals surface area contributed by atoms with E-state index in [-0.39, 0.29) is 18.9 Å². The number of benzene rings is 1. The lowest BCUT2D eigenvalue weighted by Crippen LogP contribution is -2.42. The summed E-state index contributed by atoms with van der Waals surface area (Å²) in [6.07, 6.45) is -1.67. The lowest BCUT2D eigenvalue weighted by molar-refractivity contribution is -0.385. The topological polar surface area (TPSA) is 165 Å². The maximum absolute atomic E-state index is 12.2. The van der Waals surface area contributed by atoms with E-state index in [0.29, 0.717) is 0 Å². The Balaban J connectivity index is 2.18. The molecule has 0 aromatic heterocycles. The third-order valence-corrected chi connectivity index (χ3v) is 3.18. The quantitative estimate of drug-likeness (QED) is 0.301. The minimum atomic E-state index is -1.19. The van der Waals surface area contributed by atoms with Crippen LogP contribution in [0.4, 0.5) is 10.5 Å². The first kappa shape index (κ1) is 18.6. The molecule has 12 nitrogen and oxygen atoms in total. The fourth-order valence-corrected chi connectivity index (χ4v) is 1.99. The van der Waals surface area contributed by atoms with Crippen LogP contribution in [0.2, 0.25) is 0 Å². The smallest absolute Gasteiger partial charge is 0.428 e. The fourth-order valence-electron chi connectivity index (χ4n) is 1.99. The molecule has 1 aliphatic rings. The summed E-state index contributed by atoms with van der Waals surface area (Å²) >= 11 is 0. The van der Waals surface area contributed by atoms with Crippen LogP contribution in [0.25, 0.3) is 0 Å². The first-order valence-electron chi connectivity index (χ1n) is 7.24. The van der Waals surface area contributed by atoms with Gasteiger partial charge in [-0.15, -0.1) is 0 Å². The molecule has 1 aromatic carbocycles. The Morgan fingerprint density at radius 1 is 1.35 bits per heavy atom. The molecule has 1 aliphatic heterocycles. The number of cyclic esters (lactones) is 1. The Morgan fingerprint density at radius 3 is 2.65 bits per heavy atom. The predicted molar refractivity (Wildman–Crippen MR) is 81.1 cm³/mol. The minimum Gasteiger partial charge on any atom is -0.481 e. The zero-order chi connectivity index (χ0) is 19.3. The standard InChI is InChI=1S/C14H13N3O9/c18-11(19)3-4-12(20)26-8-1-2-10(17(23)24)9(7-8)13(21)15-16-5-6-25-14(16)22/h1-2,7H,3-6H2,(H,15,21)(H,18,19). The Labute approximate surface area is 145 Å². The Kier molecular flexibility index (Phi) is 5.67. The number of esters is 1. The summed E-state index contributed by atoms with van der Waals surface area (Å²) in [5, 5.41) is 20.5. The number of carbonyl (C=O) groups excluding carboxylic acids is 3. The summed E-state index contributed by atoms with van der Waals surface area (Å²) in [6.45, 7) is 0.130. The number of rotatable bonds is 7. The van der Waals surface area contributed by atoms with Crippen molar-refractivity contribution in [3.8, 4) is 5.75 Å². The van der Waals surface area contributed by atoms with E-state index in [0.717, 1.165) is 23.2 Å². The van der Waals surface area contributed by atoms with Gasteiger partial charge in [0.25, 0.3) is 11.6 Å². The van der Waals surface area contributed by atoms with Gasteiger partial charge in [-0.3, -0.25) is 29.9 Å². The molecule has 0 radical (unpaired) electrons. The molecular formula is C14H13N3O9. The first-order valence-corrected chi connectivity index (χ1v) is 7.24. The van der Waals surface area contributed by atoms with Crippen molar-refractivity contribution in [2.45, 2.75) is 12.8 Å².